The predicted octanol–water partition coefficient (Wildman–Crippen LogP) is 2.62. The molecule has 4 nitrogen and oxygen atoms in total. The van der Waals surface area contributed by atoms with Gasteiger partial charge >= 0.3 is 0 Å². The van der Waals surface area contributed by atoms with Crippen molar-refractivity contribution >= 4 is 5.91 Å². The number of carbonyl (C=O) groups is 1. The standard InChI is InChI=1S/C12H25NO3.C2H6/c1-11(2)5-4-7-15-9-10-16-8-6-13-12(3)14;1-2/h11H,4-10H2,1-3H3,(H,13,14);1-2H3. The Morgan fingerprint density at radius 3 is 2.11 bits per heavy atom. The predicted molar refractivity (Wildman–Crippen MR) is 75.7 cm³/mol. The minimum atomic E-state index is -0.0199. The van der Waals surface area contributed by atoms with Crippen LogP contribution in [0.1, 0.15) is 47.5 Å². The molecule has 0 saturated heterocycles. The van der Waals surface area contributed by atoms with Crippen molar-refractivity contribution in [3.8, 4) is 0 Å². The van der Waals surface area contributed by atoms with E-state index in [4.69, 9.17) is 9.47 Å². The first-order chi connectivity index (χ1) is 8.63. The molecule has 0 saturated carbocycles. The summed E-state index contributed by atoms with van der Waals surface area (Å²) >= 11 is 0. The van der Waals surface area contributed by atoms with Crippen LogP contribution in [0.3, 0.4) is 0 Å². The lowest BCUT2D eigenvalue weighted by molar-refractivity contribution is -0.119. The molecular weight excluding hydrogens is 230 g/mol. The average molecular weight is 261 g/mol. The largest absolute Gasteiger partial charge is 0.379 e. The van der Waals surface area contributed by atoms with Crippen LogP contribution in [0.2, 0.25) is 0 Å². The van der Waals surface area contributed by atoms with Gasteiger partial charge in [0.25, 0.3) is 0 Å². The van der Waals surface area contributed by atoms with Gasteiger partial charge in [0.15, 0.2) is 0 Å². The molecule has 1 amide bonds. The van der Waals surface area contributed by atoms with E-state index >= 15 is 0 Å². The van der Waals surface area contributed by atoms with Gasteiger partial charge in [0.1, 0.15) is 0 Å². The maximum Gasteiger partial charge on any atom is 0.216 e. The number of hydrogen-bond donors (Lipinski definition) is 1. The normalized spacial score (nSPS) is 9.89. The van der Waals surface area contributed by atoms with Crippen LogP contribution in [0.5, 0.6) is 0 Å². The van der Waals surface area contributed by atoms with Gasteiger partial charge in [0.2, 0.25) is 5.91 Å². The van der Waals surface area contributed by atoms with Crippen molar-refractivity contribution in [3.63, 3.8) is 0 Å². The summed E-state index contributed by atoms with van der Waals surface area (Å²) in [6, 6.07) is 0. The summed E-state index contributed by atoms with van der Waals surface area (Å²) in [4.78, 5) is 10.5. The Kier molecular flexibility index (Phi) is 18.0. The van der Waals surface area contributed by atoms with E-state index in [9.17, 15) is 4.79 Å². The summed E-state index contributed by atoms with van der Waals surface area (Å²) in [5.74, 6) is 0.728. The Balaban J connectivity index is 0. The van der Waals surface area contributed by atoms with Gasteiger partial charge in [-0.3, -0.25) is 4.79 Å². The molecule has 0 heterocycles. The second kappa shape index (κ2) is 16.4. The van der Waals surface area contributed by atoms with E-state index in [-0.39, 0.29) is 5.91 Å². The Hall–Kier alpha value is -0.610. The van der Waals surface area contributed by atoms with Gasteiger partial charge in [0, 0.05) is 20.1 Å². The fourth-order valence-electron chi connectivity index (χ4n) is 1.21. The highest BCUT2D eigenvalue weighted by Crippen LogP contribution is 2.02. The highest BCUT2D eigenvalue weighted by Gasteiger charge is 1.94. The van der Waals surface area contributed by atoms with E-state index in [1.54, 1.807) is 0 Å². The smallest absolute Gasteiger partial charge is 0.216 e. The topological polar surface area (TPSA) is 47.6 Å². The molecule has 0 atom stereocenters. The lowest BCUT2D eigenvalue weighted by Gasteiger charge is -2.07. The van der Waals surface area contributed by atoms with Crippen LogP contribution in [0.15, 0.2) is 0 Å². The summed E-state index contributed by atoms with van der Waals surface area (Å²) in [6.07, 6.45) is 2.33. The molecule has 0 bridgehead atoms. The number of carbonyl (C=O) groups excluding carboxylic acids is 1. The average Bonchev–Trinajstić information content (AvgIpc) is 2.33. The van der Waals surface area contributed by atoms with Gasteiger partial charge in [-0.2, -0.15) is 0 Å². The van der Waals surface area contributed by atoms with Crippen LogP contribution < -0.4 is 5.32 Å². The minimum Gasteiger partial charge on any atom is -0.379 e. The molecule has 0 spiro atoms. The number of amides is 1. The van der Waals surface area contributed by atoms with Crippen molar-refractivity contribution in [2.75, 3.05) is 33.0 Å². The maximum atomic E-state index is 10.5. The summed E-state index contributed by atoms with van der Waals surface area (Å²) < 4.78 is 10.7. The quantitative estimate of drug-likeness (QED) is 0.615. The maximum absolute atomic E-state index is 10.5. The molecular formula is C14H31NO3. The molecule has 18 heavy (non-hydrogen) atoms. The van der Waals surface area contributed by atoms with E-state index < -0.39 is 0 Å². The molecule has 0 aromatic rings. The summed E-state index contributed by atoms with van der Waals surface area (Å²) in [5.41, 5.74) is 0. The summed E-state index contributed by atoms with van der Waals surface area (Å²) in [7, 11) is 0. The number of rotatable bonds is 10. The molecule has 4 heteroatoms. The van der Waals surface area contributed by atoms with Crippen LogP contribution in [-0.2, 0) is 14.3 Å². The first-order valence-electron chi connectivity index (χ1n) is 7.03. The van der Waals surface area contributed by atoms with Crippen molar-refractivity contribution in [2.45, 2.75) is 47.5 Å². The van der Waals surface area contributed by atoms with E-state index in [2.05, 4.69) is 19.2 Å². The highest BCUT2D eigenvalue weighted by atomic mass is 16.5. The number of nitrogens with one attached hydrogen (secondary N) is 1. The minimum absolute atomic E-state index is 0.0199. The van der Waals surface area contributed by atoms with Gasteiger partial charge in [-0.1, -0.05) is 27.7 Å². The van der Waals surface area contributed by atoms with Crippen LogP contribution in [0.25, 0.3) is 0 Å². The second-order valence-corrected chi connectivity index (χ2v) is 4.24. The van der Waals surface area contributed by atoms with Crippen molar-refractivity contribution in [2.24, 2.45) is 5.92 Å². The van der Waals surface area contributed by atoms with Crippen LogP contribution in [0, 0.1) is 5.92 Å². The lowest BCUT2D eigenvalue weighted by atomic mass is 10.1. The fourth-order valence-corrected chi connectivity index (χ4v) is 1.21. The highest BCUT2D eigenvalue weighted by molar-refractivity contribution is 5.72. The van der Waals surface area contributed by atoms with E-state index in [0.29, 0.717) is 26.4 Å². The SMILES string of the molecule is CC.CC(=O)NCCOCCOCCCC(C)C. The molecule has 0 rings (SSSR count). The zero-order chi connectivity index (χ0) is 14.2. The van der Waals surface area contributed by atoms with Crippen molar-refractivity contribution in [1.29, 1.82) is 0 Å². The van der Waals surface area contributed by atoms with Crippen LogP contribution in [-0.4, -0.2) is 38.9 Å². The summed E-state index contributed by atoms with van der Waals surface area (Å²) in [6.45, 7) is 13.1. The van der Waals surface area contributed by atoms with E-state index in [1.165, 1.54) is 13.3 Å². The van der Waals surface area contributed by atoms with Crippen LogP contribution >= 0.6 is 0 Å². The monoisotopic (exact) mass is 261 g/mol. The van der Waals surface area contributed by atoms with Gasteiger partial charge in [-0.05, 0) is 18.8 Å². The molecule has 1 N–H and O–H groups in total. The van der Waals surface area contributed by atoms with E-state index in [1.807, 2.05) is 13.8 Å². The third kappa shape index (κ3) is 20.8. The van der Waals surface area contributed by atoms with Crippen molar-refractivity contribution < 1.29 is 14.3 Å². The lowest BCUT2D eigenvalue weighted by Crippen LogP contribution is -2.24. The number of hydrogen-bond acceptors (Lipinski definition) is 3. The van der Waals surface area contributed by atoms with Crippen LogP contribution in [0.4, 0.5) is 0 Å². The third-order valence-electron chi connectivity index (χ3n) is 2.06. The molecule has 0 unspecified atom stereocenters. The second-order valence-electron chi connectivity index (χ2n) is 4.24. The molecule has 0 aromatic heterocycles. The Morgan fingerprint density at radius 1 is 1.06 bits per heavy atom. The molecule has 0 aliphatic carbocycles. The molecule has 110 valence electrons. The molecule has 0 aliphatic heterocycles. The Morgan fingerprint density at radius 2 is 1.61 bits per heavy atom. The third-order valence-corrected chi connectivity index (χ3v) is 2.06. The van der Waals surface area contributed by atoms with Crippen molar-refractivity contribution in [1.82, 2.24) is 5.32 Å². The molecule has 0 aliphatic rings. The van der Waals surface area contributed by atoms with E-state index in [0.717, 1.165) is 18.9 Å². The first kappa shape index (κ1) is 19.7. The molecule has 0 aromatic carbocycles. The Bertz CT molecular complexity index is 172. The van der Waals surface area contributed by atoms with Crippen molar-refractivity contribution in [3.05, 3.63) is 0 Å². The van der Waals surface area contributed by atoms with Gasteiger partial charge < -0.3 is 14.8 Å². The Labute approximate surface area is 112 Å². The van der Waals surface area contributed by atoms with Gasteiger partial charge in [-0.25, -0.2) is 0 Å². The van der Waals surface area contributed by atoms with Gasteiger partial charge in [-0.15, -0.1) is 0 Å². The molecule has 0 fully saturated rings. The molecule has 0 radical (unpaired) electrons. The first-order valence-corrected chi connectivity index (χ1v) is 7.03. The number of ether oxygens (including phenoxy) is 2. The zero-order valence-electron chi connectivity index (χ0n) is 12.8. The zero-order valence-corrected chi connectivity index (χ0v) is 12.8. The fraction of sp³-hybridized carbons (Fsp3) is 0.929. The summed E-state index contributed by atoms with van der Waals surface area (Å²) in [5, 5.41) is 2.66. The van der Waals surface area contributed by atoms with Gasteiger partial charge in [0.05, 0.1) is 19.8 Å².